The minimum absolute atomic E-state index is 0.0785. The maximum absolute atomic E-state index is 13.9. The zero-order valence-corrected chi connectivity index (χ0v) is 10.7. The first kappa shape index (κ1) is 13.4. The molecule has 0 aliphatic carbocycles. The third-order valence-corrected chi connectivity index (χ3v) is 3.57. The maximum Gasteiger partial charge on any atom is 0.130 e. The Kier molecular flexibility index (Phi) is 4.30. The van der Waals surface area contributed by atoms with E-state index in [1.54, 1.807) is 0 Å². The van der Waals surface area contributed by atoms with Gasteiger partial charge < -0.3 is 5.73 Å². The van der Waals surface area contributed by atoms with Gasteiger partial charge in [0, 0.05) is 17.7 Å². The van der Waals surface area contributed by atoms with E-state index in [2.05, 4.69) is 11.8 Å². The number of rotatable bonds is 3. The summed E-state index contributed by atoms with van der Waals surface area (Å²) >= 11 is 0. The highest BCUT2D eigenvalue weighted by Crippen LogP contribution is 2.31. The summed E-state index contributed by atoms with van der Waals surface area (Å²) < 4.78 is 26.9. The molecule has 1 fully saturated rings. The number of benzene rings is 1. The van der Waals surface area contributed by atoms with E-state index in [9.17, 15) is 8.78 Å². The van der Waals surface area contributed by atoms with E-state index in [1.807, 2.05) is 0 Å². The lowest BCUT2D eigenvalue weighted by Crippen LogP contribution is -2.46. The molecule has 2 unspecified atom stereocenters. The number of likely N-dealkylation sites (tertiary alicyclic amines) is 1. The van der Waals surface area contributed by atoms with Crippen LogP contribution in [-0.4, -0.2) is 24.0 Å². The predicted molar refractivity (Wildman–Crippen MR) is 68.2 cm³/mol. The van der Waals surface area contributed by atoms with Gasteiger partial charge in [0.15, 0.2) is 0 Å². The number of piperidine rings is 1. The van der Waals surface area contributed by atoms with Crippen LogP contribution in [0.5, 0.6) is 0 Å². The topological polar surface area (TPSA) is 29.3 Å². The summed E-state index contributed by atoms with van der Waals surface area (Å²) in [5, 5.41) is 0. The second kappa shape index (κ2) is 5.76. The standard InChI is InChI=1S/C14H20F2N2/c1-2-7-18-8-3-4-13(17)14(18)11-6-5-10(15)9-12(11)16/h5-6,9,13-14H,2-4,7-8,17H2,1H3. The molecule has 0 bridgehead atoms. The van der Waals surface area contributed by atoms with Crippen LogP contribution in [0.25, 0.3) is 0 Å². The van der Waals surface area contributed by atoms with Crippen molar-refractivity contribution < 1.29 is 8.78 Å². The largest absolute Gasteiger partial charge is 0.326 e. The molecule has 0 saturated carbocycles. The first-order valence-electron chi connectivity index (χ1n) is 6.58. The molecule has 2 rings (SSSR count). The van der Waals surface area contributed by atoms with Crippen LogP contribution in [0.15, 0.2) is 18.2 Å². The van der Waals surface area contributed by atoms with Crippen molar-refractivity contribution in [1.29, 1.82) is 0 Å². The number of hydrogen-bond acceptors (Lipinski definition) is 2. The summed E-state index contributed by atoms with van der Waals surface area (Å²) in [4.78, 5) is 2.21. The van der Waals surface area contributed by atoms with Crippen LogP contribution in [0.3, 0.4) is 0 Å². The summed E-state index contributed by atoms with van der Waals surface area (Å²) in [5.41, 5.74) is 6.66. The Bertz CT molecular complexity index is 407. The van der Waals surface area contributed by atoms with Crippen LogP contribution in [-0.2, 0) is 0 Å². The predicted octanol–water partition coefficient (Wildman–Crippen LogP) is 2.84. The van der Waals surface area contributed by atoms with E-state index >= 15 is 0 Å². The molecule has 1 aromatic rings. The molecule has 1 saturated heterocycles. The summed E-state index contributed by atoms with van der Waals surface area (Å²) in [6, 6.07) is 3.58. The SMILES string of the molecule is CCCN1CCCC(N)C1c1ccc(F)cc1F. The van der Waals surface area contributed by atoms with E-state index in [1.165, 1.54) is 12.1 Å². The third-order valence-electron chi connectivity index (χ3n) is 3.57. The molecule has 0 aromatic heterocycles. The Hall–Kier alpha value is -1.00. The van der Waals surface area contributed by atoms with Crippen molar-refractivity contribution in [1.82, 2.24) is 4.90 Å². The van der Waals surface area contributed by atoms with Crippen LogP contribution >= 0.6 is 0 Å². The first-order valence-corrected chi connectivity index (χ1v) is 6.58. The monoisotopic (exact) mass is 254 g/mol. The number of hydrogen-bond donors (Lipinski definition) is 1. The van der Waals surface area contributed by atoms with Gasteiger partial charge in [-0.2, -0.15) is 0 Å². The van der Waals surface area contributed by atoms with E-state index in [4.69, 9.17) is 5.73 Å². The van der Waals surface area contributed by atoms with Crippen molar-refractivity contribution in [2.24, 2.45) is 5.73 Å². The molecule has 0 spiro atoms. The van der Waals surface area contributed by atoms with E-state index in [-0.39, 0.29) is 12.1 Å². The molecule has 4 heteroatoms. The quantitative estimate of drug-likeness (QED) is 0.898. The maximum atomic E-state index is 13.9. The second-order valence-electron chi connectivity index (χ2n) is 4.95. The second-order valence-corrected chi connectivity index (χ2v) is 4.95. The molecule has 1 aromatic carbocycles. The van der Waals surface area contributed by atoms with Crippen LogP contribution in [0, 0.1) is 11.6 Å². The van der Waals surface area contributed by atoms with Crippen LogP contribution in [0.2, 0.25) is 0 Å². The van der Waals surface area contributed by atoms with Gasteiger partial charge in [-0.1, -0.05) is 13.0 Å². The van der Waals surface area contributed by atoms with Crippen LogP contribution in [0.1, 0.15) is 37.8 Å². The lowest BCUT2D eigenvalue weighted by molar-refractivity contribution is 0.125. The first-order chi connectivity index (χ1) is 8.63. The van der Waals surface area contributed by atoms with Gasteiger partial charge in [-0.25, -0.2) is 8.78 Å². The highest BCUT2D eigenvalue weighted by molar-refractivity contribution is 5.24. The van der Waals surface area contributed by atoms with Crippen molar-refractivity contribution in [2.45, 2.75) is 38.3 Å². The Morgan fingerprint density at radius 2 is 2.17 bits per heavy atom. The van der Waals surface area contributed by atoms with Crippen molar-refractivity contribution in [3.05, 3.63) is 35.4 Å². The fourth-order valence-corrected chi connectivity index (χ4v) is 2.80. The van der Waals surface area contributed by atoms with E-state index in [0.29, 0.717) is 5.56 Å². The van der Waals surface area contributed by atoms with E-state index < -0.39 is 11.6 Å². The molecule has 100 valence electrons. The Morgan fingerprint density at radius 1 is 1.39 bits per heavy atom. The highest BCUT2D eigenvalue weighted by atomic mass is 19.1. The minimum atomic E-state index is -0.539. The zero-order chi connectivity index (χ0) is 13.1. The third kappa shape index (κ3) is 2.70. The van der Waals surface area contributed by atoms with Gasteiger partial charge in [-0.15, -0.1) is 0 Å². The summed E-state index contributed by atoms with van der Waals surface area (Å²) in [5.74, 6) is -1.03. The molecule has 1 heterocycles. The fourth-order valence-electron chi connectivity index (χ4n) is 2.80. The van der Waals surface area contributed by atoms with Gasteiger partial charge in [0.2, 0.25) is 0 Å². The minimum Gasteiger partial charge on any atom is -0.326 e. The smallest absolute Gasteiger partial charge is 0.130 e. The van der Waals surface area contributed by atoms with Crippen molar-refractivity contribution in [2.75, 3.05) is 13.1 Å². The normalized spacial score (nSPS) is 25.3. The molecule has 2 atom stereocenters. The molecule has 1 aliphatic heterocycles. The Morgan fingerprint density at radius 3 is 2.83 bits per heavy atom. The van der Waals surface area contributed by atoms with Gasteiger partial charge in [-0.05, 0) is 38.4 Å². The zero-order valence-electron chi connectivity index (χ0n) is 10.7. The molecule has 0 radical (unpaired) electrons. The molecule has 2 N–H and O–H groups in total. The summed E-state index contributed by atoms with van der Waals surface area (Å²) in [6.45, 7) is 3.93. The van der Waals surface area contributed by atoms with E-state index in [0.717, 1.165) is 38.4 Å². The van der Waals surface area contributed by atoms with Crippen molar-refractivity contribution >= 4 is 0 Å². The average Bonchev–Trinajstić information content (AvgIpc) is 2.31. The number of halogens is 2. The average molecular weight is 254 g/mol. The van der Waals surface area contributed by atoms with Gasteiger partial charge in [0.25, 0.3) is 0 Å². The molecule has 18 heavy (non-hydrogen) atoms. The molecular formula is C14H20F2N2. The van der Waals surface area contributed by atoms with Gasteiger partial charge in [0.05, 0.1) is 6.04 Å². The van der Waals surface area contributed by atoms with Gasteiger partial charge >= 0.3 is 0 Å². The molecule has 1 aliphatic rings. The van der Waals surface area contributed by atoms with Crippen LogP contribution < -0.4 is 5.73 Å². The molecule has 2 nitrogen and oxygen atoms in total. The lowest BCUT2D eigenvalue weighted by atomic mass is 9.90. The Balaban J connectivity index is 2.31. The number of nitrogens with two attached hydrogens (primary N) is 1. The fraction of sp³-hybridized carbons (Fsp3) is 0.571. The van der Waals surface area contributed by atoms with Gasteiger partial charge in [-0.3, -0.25) is 4.90 Å². The van der Waals surface area contributed by atoms with Crippen LogP contribution in [0.4, 0.5) is 8.78 Å². The summed E-state index contributed by atoms with van der Waals surface area (Å²) in [6.07, 6.45) is 2.94. The lowest BCUT2D eigenvalue weighted by Gasteiger charge is -2.40. The molecular weight excluding hydrogens is 234 g/mol. The highest BCUT2D eigenvalue weighted by Gasteiger charge is 2.31. The summed E-state index contributed by atoms with van der Waals surface area (Å²) in [7, 11) is 0. The molecule has 0 amide bonds. The van der Waals surface area contributed by atoms with Crippen molar-refractivity contribution in [3.63, 3.8) is 0 Å². The Labute approximate surface area is 107 Å². The number of nitrogens with zero attached hydrogens (tertiary/aromatic N) is 1. The van der Waals surface area contributed by atoms with Gasteiger partial charge in [0.1, 0.15) is 11.6 Å². The van der Waals surface area contributed by atoms with Crippen molar-refractivity contribution in [3.8, 4) is 0 Å².